The fourth-order valence-electron chi connectivity index (χ4n) is 1.04. The quantitative estimate of drug-likeness (QED) is 0.768. The number of ether oxygens (including phenoxy) is 1. The minimum absolute atomic E-state index is 0.414. The van der Waals surface area contributed by atoms with Crippen LogP contribution in [-0.2, 0) is 11.3 Å². The van der Waals surface area contributed by atoms with Crippen molar-refractivity contribution in [1.82, 2.24) is 5.32 Å². The fourth-order valence-corrected chi connectivity index (χ4v) is 1.04. The highest BCUT2D eigenvalue weighted by Gasteiger charge is 1.98. The van der Waals surface area contributed by atoms with E-state index in [1.54, 1.807) is 0 Å². The summed E-state index contributed by atoms with van der Waals surface area (Å²) in [5.41, 5.74) is 2.08. The normalized spacial score (nSPS) is 9.29. The summed E-state index contributed by atoms with van der Waals surface area (Å²) in [6.45, 7) is 0.483. The maximum Gasteiger partial charge on any atom is 0.407 e. The summed E-state index contributed by atoms with van der Waals surface area (Å²) in [5, 5.41) is 5.62. The number of carbonyl (C=O) groups is 1. The van der Waals surface area contributed by atoms with Crippen molar-refractivity contribution in [2.75, 3.05) is 19.5 Å². The van der Waals surface area contributed by atoms with Gasteiger partial charge < -0.3 is 15.4 Å². The minimum atomic E-state index is -0.414. The van der Waals surface area contributed by atoms with Crippen molar-refractivity contribution in [3.63, 3.8) is 0 Å². The Hall–Kier alpha value is -1.71. The second kappa shape index (κ2) is 5.11. The minimum Gasteiger partial charge on any atom is -0.453 e. The van der Waals surface area contributed by atoms with Crippen LogP contribution in [0.15, 0.2) is 24.3 Å². The Morgan fingerprint density at radius 1 is 1.36 bits per heavy atom. The molecule has 76 valence electrons. The summed E-state index contributed by atoms with van der Waals surface area (Å²) in [6.07, 6.45) is -0.414. The molecule has 0 aliphatic heterocycles. The van der Waals surface area contributed by atoms with Crippen molar-refractivity contribution in [3.05, 3.63) is 29.8 Å². The highest BCUT2D eigenvalue weighted by atomic mass is 16.5. The van der Waals surface area contributed by atoms with E-state index in [1.807, 2.05) is 31.3 Å². The molecule has 0 bridgehead atoms. The van der Waals surface area contributed by atoms with E-state index >= 15 is 0 Å². The van der Waals surface area contributed by atoms with Gasteiger partial charge in [0.05, 0.1) is 7.11 Å². The van der Waals surface area contributed by atoms with E-state index in [4.69, 9.17) is 0 Å². The van der Waals surface area contributed by atoms with E-state index < -0.39 is 6.09 Å². The number of hydrogen-bond donors (Lipinski definition) is 2. The van der Waals surface area contributed by atoms with E-state index in [0.717, 1.165) is 11.3 Å². The molecule has 1 aromatic carbocycles. The Balaban J connectivity index is 2.47. The topological polar surface area (TPSA) is 50.4 Å². The van der Waals surface area contributed by atoms with Crippen LogP contribution >= 0.6 is 0 Å². The van der Waals surface area contributed by atoms with Crippen molar-refractivity contribution in [2.24, 2.45) is 0 Å². The number of rotatable bonds is 3. The molecule has 14 heavy (non-hydrogen) atoms. The molecule has 2 N–H and O–H groups in total. The van der Waals surface area contributed by atoms with Gasteiger partial charge in [-0.3, -0.25) is 0 Å². The zero-order valence-electron chi connectivity index (χ0n) is 8.33. The third kappa shape index (κ3) is 2.97. The molecule has 4 nitrogen and oxygen atoms in total. The van der Waals surface area contributed by atoms with Crippen molar-refractivity contribution in [3.8, 4) is 0 Å². The number of amides is 1. The molecule has 1 rings (SSSR count). The third-order valence-electron chi connectivity index (χ3n) is 1.86. The summed E-state index contributed by atoms with van der Waals surface area (Å²) in [7, 11) is 3.21. The van der Waals surface area contributed by atoms with Gasteiger partial charge in [0.2, 0.25) is 0 Å². The van der Waals surface area contributed by atoms with Crippen LogP contribution in [0.3, 0.4) is 0 Å². The molecule has 0 aliphatic rings. The Labute approximate surface area is 83.3 Å². The average Bonchev–Trinajstić information content (AvgIpc) is 2.26. The Bertz CT molecular complexity index is 295. The summed E-state index contributed by atoms with van der Waals surface area (Å²) < 4.78 is 4.45. The number of hydrogen-bond acceptors (Lipinski definition) is 3. The molecule has 4 heteroatoms. The van der Waals surface area contributed by atoms with Crippen molar-refractivity contribution < 1.29 is 9.53 Å². The predicted octanol–water partition coefficient (Wildman–Crippen LogP) is 1.58. The summed E-state index contributed by atoms with van der Waals surface area (Å²) in [5.74, 6) is 0. The van der Waals surface area contributed by atoms with Gasteiger partial charge in [-0.05, 0) is 17.7 Å². The molecule has 0 fully saturated rings. The number of benzene rings is 1. The molecule has 0 saturated carbocycles. The monoisotopic (exact) mass is 194 g/mol. The van der Waals surface area contributed by atoms with Crippen LogP contribution in [0.1, 0.15) is 5.56 Å². The molecular weight excluding hydrogens is 180 g/mol. The first-order chi connectivity index (χ1) is 6.76. The molecule has 0 aliphatic carbocycles. The maximum absolute atomic E-state index is 10.8. The zero-order valence-corrected chi connectivity index (χ0v) is 8.33. The van der Waals surface area contributed by atoms with Gasteiger partial charge >= 0.3 is 6.09 Å². The molecule has 1 aromatic rings. The van der Waals surface area contributed by atoms with Crippen LogP contribution in [0.4, 0.5) is 10.5 Å². The van der Waals surface area contributed by atoms with E-state index in [9.17, 15) is 4.79 Å². The predicted molar refractivity (Wildman–Crippen MR) is 55.2 cm³/mol. The molecule has 0 saturated heterocycles. The molecule has 0 radical (unpaired) electrons. The average molecular weight is 194 g/mol. The highest BCUT2D eigenvalue weighted by molar-refractivity contribution is 5.66. The van der Waals surface area contributed by atoms with Crippen LogP contribution < -0.4 is 10.6 Å². The lowest BCUT2D eigenvalue weighted by molar-refractivity contribution is 0.170. The van der Waals surface area contributed by atoms with Gasteiger partial charge in [0, 0.05) is 19.3 Å². The van der Waals surface area contributed by atoms with Gasteiger partial charge in [0.25, 0.3) is 0 Å². The molecule has 0 spiro atoms. The van der Waals surface area contributed by atoms with Crippen LogP contribution in [0.25, 0.3) is 0 Å². The van der Waals surface area contributed by atoms with E-state index in [1.165, 1.54) is 7.11 Å². The largest absolute Gasteiger partial charge is 0.453 e. The first-order valence-corrected chi connectivity index (χ1v) is 4.34. The Kier molecular flexibility index (Phi) is 3.79. The van der Waals surface area contributed by atoms with Crippen molar-refractivity contribution in [2.45, 2.75) is 6.54 Å². The SMILES string of the molecule is CNc1ccc(CNC(=O)OC)cc1. The Morgan fingerprint density at radius 2 is 2.00 bits per heavy atom. The van der Waals surface area contributed by atoms with Crippen LogP contribution in [-0.4, -0.2) is 20.3 Å². The van der Waals surface area contributed by atoms with Gasteiger partial charge in [-0.15, -0.1) is 0 Å². The number of carbonyl (C=O) groups excluding carboxylic acids is 1. The number of nitrogens with one attached hydrogen (secondary N) is 2. The molecule has 0 unspecified atom stereocenters. The molecule has 0 heterocycles. The zero-order chi connectivity index (χ0) is 10.4. The molecule has 0 aromatic heterocycles. The number of alkyl carbamates (subject to hydrolysis) is 1. The van der Waals surface area contributed by atoms with Crippen molar-refractivity contribution in [1.29, 1.82) is 0 Å². The van der Waals surface area contributed by atoms with Crippen LogP contribution in [0.5, 0.6) is 0 Å². The van der Waals surface area contributed by atoms with E-state index in [0.29, 0.717) is 6.54 Å². The standard InChI is InChI=1S/C10H14N2O2/c1-11-9-5-3-8(4-6-9)7-12-10(13)14-2/h3-6,11H,7H2,1-2H3,(H,12,13). The lowest BCUT2D eigenvalue weighted by atomic mass is 10.2. The molecule has 1 amide bonds. The Morgan fingerprint density at radius 3 is 2.50 bits per heavy atom. The first-order valence-electron chi connectivity index (χ1n) is 4.34. The second-order valence-electron chi connectivity index (χ2n) is 2.79. The van der Waals surface area contributed by atoms with Gasteiger partial charge in [-0.1, -0.05) is 12.1 Å². The highest BCUT2D eigenvalue weighted by Crippen LogP contribution is 2.07. The summed E-state index contributed by atoms with van der Waals surface area (Å²) in [6, 6.07) is 7.80. The molecule has 0 atom stereocenters. The van der Waals surface area contributed by atoms with E-state index in [-0.39, 0.29) is 0 Å². The third-order valence-corrected chi connectivity index (χ3v) is 1.86. The van der Waals surface area contributed by atoms with Crippen LogP contribution in [0, 0.1) is 0 Å². The van der Waals surface area contributed by atoms with Gasteiger partial charge in [0.1, 0.15) is 0 Å². The summed E-state index contributed by atoms with van der Waals surface area (Å²) >= 11 is 0. The van der Waals surface area contributed by atoms with Gasteiger partial charge in [-0.2, -0.15) is 0 Å². The van der Waals surface area contributed by atoms with Gasteiger partial charge in [0.15, 0.2) is 0 Å². The molecular formula is C10H14N2O2. The number of anilines is 1. The smallest absolute Gasteiger partial charge is 0.407 e. The fraction of sp³-hybridized carbons (Fsp3) is 0.300. The maximum atomic E-state index is 10.8. The van der Waals surface area contributed by atoms with Crippen molar-refractivity contribution >= 4 is 11.8 Å². The van der Waals surface area contributed by atoms with Gasteiger partial charge in [-0.25, -0.2) is 4.79 Å². The number of methoxy groups -OCH3 is 1. The summed E-state index contributed by atoms with van der Waals surface area (Å²) in [4.78, 5) is 10.8. The van der Waals surface area contributed by atoms with Crippen LogP contribution in [0.2, 0.25) is 0 Å². The second-order valence-corrected chi connectivity index (χ2v) is 2.79. The first kappa shape index (κ1) is 10.4. The lowest BCUT2D eigenvalue weighted by Gasteiger charge is -2.04. The van der Waals surface area contributed by atoms with E-state index in [2.05, 4.69) is 15.4 Å². The lowest BCUT2D eigenvalue weighted by Crippen LogP contribution is -2.22.